The fraction of sp³-hybridized carbons (Fsp3) is 0.0625. The Kier molecular flexibility index (Phi) is 4.06. The Bertz CT molecular complexity index is 986. The summed E-state index contributed by atoms with van der Waals surface area (Å²) in [6.07, 6.45) is 1.37. The van der Waals surface area contributed by atoms with E-state index in [9.17, 15) is 17.2 Å². The third-order valence-electron chi connectivity index (χ3n) is 3.34. The molecule has 0 aliphatic carbocycles. The van der Waals surface area contributed by atoms with Crippen LogP contribution < -0.4 is 4.72 Å². The van der Waals surface area contributed by atoms with Crippen LogP contribution in [0.5, 0.6) is 0 Å². The van der Waals surface area contributed by atoms with Crippen molar-refractivity contribution < 1.29 is 17.2 Å². The molecule has 0 amide bonds. The first-order valence-electron chi connectivity index (χ1n) is 6.96. The monoisotopic (exact) mass is 349 g/mol. The van der Waals surface area contributed by atoms with Crippen LogP contribution in [-0.2, 0) is 10.0 Å². The predicted molar refractivity (Wildman–Crippen MR) is 85.5 cm³/mol. The second kappa shape index (κ2) is 6.04. The Hall–Kier alpha value is -2.74. The first-order chi connectivity index (χ1) is 11.4. The van der Waals surface area contributed by atoms with Crippen LogP contribution in [0.15, 0.2) is 59.6 Å². The van der Waals surface area contributed by atoms with Crippen molar-refractivity contribution in [1.82, 2.24) is 9.78 Å². The summed E-state index contributed by atoms with van der Waals surface area (Å²) in [5.41, 5.74) is 0.921. The number of anilines is 1. The zero-order chi connectivity index (χ0) is 17.3. The van der Waals surface area contributed by atoms with Crippen molar-refractivity contribution in [2.24, 2.45) is 0 Å². The Balaban J connectivity index is 1.95. The van der Waals surface area contributed by atoms with E-state index in [0.717, 1.165) is 18.2 Å². The highest BCUT2D eigenvalue weighted by Crippen LogP contribution is 2.21. The molecule has 2 aromatic carbocycles. The van der Waals surface area contributed by atoms with Crippen molar-refractivity contribution in [3.63, 3.8) is 0 Å². The minimum atomic E-state index is -3.98. The van der Waals surface area contributed by atoms with Crippen molar-refractivity contribution in [3.8, 4) is 5.69 Å². The number of benzene rings is 2. The van der Waals surface area contributed by atoms with Crippen LogP contribution in [-0.4, -0.2) is 18.2 Å². The van der Waals surface area contributed by atoms with Gasteiger partial charge in [-0.3, -0.25) is 4.72 Å². The third kappa shape index (κ3) is 3.13. The maximum absolute atomic E-state index is 13.2. The predicted octanol–water partition coefficient (Wildman–Crippen LogP) is 3.26. The first-order valence-corrected chi connectivity index (χ1v) is 8.45. The highest BCUT2D eigenvalue weighted by atomic mass is 32.2. The zero-order valence-corrected chi connectivity index (χ0v) is 13.4. The summed E-state index contributed by atoms with van der Waals surface area (Å²) >= 11 is 0. The number of nitrogens with zero attached hydrogens (tertiary/aromatic N) is 2. The number of hydrogen-bond acceptors (Lipinski definition) is 3. The molecule has 8 heteroatoms. The van der Waals surface area contributed by atoms with Crippen molar-refractivity contribution in [2.75, 3.05) is 4.72 Å². The smallest absolute Gasteiger partial charge is 0.265 e. The van der Waals surface area contributed by atoms with Gasteiger partial charge in [0.25, 0.3) is 10.0 Å². The van der Waals surface area contributed by atoms with E-state index in [1.165, 1.54) is 10.9 Å². The maximum atomic E-state index is 13.2. The van der Waals surface area contributed by atoms with Gasteiger partial charge in [-0.1, -0.05) is 18.2 Å². The summed E-state index contributed by atoms with van der Waals surface area (Å²) in [5, 5.41) is 4.18. The number of para-hydroxylation sites is 1. The van der Waals surface area contributed by atoms with Crippen LogP contribution in [0.2, 0.25) is 0 Å². The fourth-order valence-electron chi connectivity index (χ4n) is 2.19. The quantitative estimate of drug-likeness (QED) is 0.786. The lowest BCUT2D eigenvalue weighted by Gasteiger charge is -2.07. The molecule has 24 heavy (non-hydrogen) atoms. The number of halogens is 2. The number of aromatic nitrogens is 2. The molecule has 5 nitrogen and oxygen atoms in total. The van der Waals surface area contributed by atoms with Crippen LogP contribution in [0, 0.1) is 18.6 Å². The Morgan fingerprint density at radius 1 is 1.04 bits per heavy atom. The van der Waals surface area contributed by atoms with Gasteiger partial charge < -0.3 is 0 Å². The van der Waals surface area contributed by atoms with Gasteiger partial charge in [-0.05, 0) is 31.2 Å². The van der Waals surface area contributed by atoms with E-state index in [4.69, 9.17) is 0 Å². The van der Waals surface area contributed by atoms with E-state index in [1.54, 1.807) is 31.2 Å². The van der Waals surface area contributed by atoms with Crippen molar-refractivity contribution in [2.45, 2.75) is 11.8 Å². The standard InChI is InChI=1S/C16H13F2N3O2S/c1-11-16(10-21(19-11)13-5-3-2-4-6-13)24(22,23)20-12-7-8-14(17)15(18)9-12/h2-10,20H,1H3. The maximum Gasteiger partial charge on any atom is 0.265 e. The molecule has 0 unspecified atom stereocenters. The number of hydrogen-bond donors (Lipinski definition) is 1. The second-order valence-electron chi connectivity index (χ2n) is 5.09. The molecular formula is C16H13F2N3O2S. The van der Waals surface area contributed by atoms with Crippen LogP contribution in [0.3, 0.4) is 0 Å². The minimum absolute atomic E-state index is 0.0453. The highest BCUT2D eigenvalue weighted by Gasteiger charge is 2.21. The highest BCUT2D eigenvalue weighted by molar-refractivity contribution is 7.92. The van der Waals surface area contributed by atoms with Crippen molar-refractivity contribution >= 4 is 15.7 Å². The lowest BCUT2D eigenvalue weighted by Crippen LogP contribution is -2.13. The topological polar surface area (TPSA) is 64.0 Å². The molecule has 0 aliphatic rings. The van der Waals surface area contributed by atoms with Crippen LogP contribution in [0.1, 0.15) is 5.69 Å². The van der Waals surface area contributed by atoms with Gasteiger partial charge in [0.2, 0.25) is 0 Å². The third-order valence-corrected chi connectivity index (χ3v) is 4.82. The van der Waals surface area contributed by atoms with Gasteiger partial charge >= 0.3 is 0 Å². The van der Waals surface area contributed by atoms with Crippen LogP contribution in [0.4, 0.5) is 14.5 Å². The number of sulfonamides is 1. The molecule has 1 aromatic heterocycles. The molecule has 0 bridgehead atoms. The molecule has 124 valence electrons. The van der Waals surface area contributed by atoms with Gasteiger partial charge in [0.15, 0.2) is 11.6 Å². The summed E-state index contributed by atoms with van der Waals surface area (Å²) in [4.78, 5) is -0.0453. The zero-order valence-electron chi connectivity index (χ0n) is 12.6. The lowest BCUT2D eigenvalue weighted by atomic mass is 10.3. The van der Waals surface area contributed by atoms with E-state index in [1.807, 2.05) is 6.07 Å². The average Bonchev–Trinajstić information content (AvgIpc) is 2.94. The summed E-state index contributed by atoms with van der Waals surface area (Å²) in [5.74, 6) is -2.18. The van der Waals surface area contributed by atoms with Gasteiger partial charge in [0, 0.05) is 6.07 Å². The normalized spacial score (nSPS) is 11.5. The van der Waals surface area contributed by atoms with Crippen LogP contribution in [0.25, 0.3) is 5.69 Å². The summed E-state index contributed by atoms with van der Waals surface area (Å²) in [7, 11) is -3.98. The van der Waals surface area contributed by atoms with E-state index in [-0.39, 0.29) is 16.3 Å². The van der Waals surface area contributed by atoms with Crippen molar-refractivity contribution in [1.29, 1.82) is 0 Å². The van der Waals surface area contributed by atoms with Gasteiger partial charge in [-0.2, -0.15) is 5.10 Å². The molecule has 0 aliphatic heterocycles. The molecule has 1 N–H and O–H groups in total. The fourth-order valence-corrected chi connectivity index (χ4v) is 3.41. The first kappa shape index (κ1) is 16.1. The van der Waals surface area contributed by atoms with E-state index in [0.29, 0.717) is 5.69 Å². The molecule has 0 radical (unpaired) electrons. The van der Waals surface area contributed by atoms with Gasteiger partial charge in [-0.25, -0.2) is 21.9 Å². The van der Waals surface area contributed by atoms with E-state index < -0.39 is 21.7 Å². The summed E-state index contributed by atoms with van der Waals surface area (Å²) in [6.45, 7) is 1.55. The van der Waals surface area contributed by atoms with Crippen LogP contribution >= 0.6 is 0 Å². The minimum Gasteiger partial charge on any atom is -0.279 e. The molecule has 0 saturated carbocycles. The summed E-state index contributed by atoms with van der Waals surface area (Å²) < 4.78 is 54.8. The number of rotatable bonds is 4. The van der Waals surface area contributed by atoms with E-state index in [2.05, 4.69) is 9.82 Å². The second-order valence-corrected chi connectivity index (χ2v) is 6.74. The van der Waals surface area contributed by atoms with Gasteiger partial charge in [0.05, 0.1) is 23.3 Å². The molecule has 3 rings (SSSR count). The molecule has 0 atom stereocenters. The molecule has 0 spiro atoms. The SMILES string of the molecule is Cc1nn(-c2ccccc2)cc1S(=O)(=O)Nc1ccc(F)c(F)c1. The molecule has 0 fully saturated rings. The average molecular weight is 349 g/mol. The molecular weight excluding hydrogens is 336 g/mol. The van der Waals surface area contributed by atoms with Gasteiger partial charge in [0.1, 0.15) is 4.90 Å². The largest absolute Gasteiger partial charge is 0.279 e. The lowest BCUT2D eigenvalue weighted by molar-refractivity contribution is 0.509. The molecule has 1 heterocycles. The van der Waals surface area contributed by atoms with Crippen molar-refractivity contribution in [3.05, 3.63) is 72.1 Å². The number of aryl methyl sites for hydroxylation is 1. The van der Waals surface area contributed by atoms with Gasteiger partial charge in [-0.15, -0.1) is 0 Å². The Labute approximate surface area is 137 Å². The summed E-state index contributed by atoms with van der Waals surface area (Å²) in [6, 6.07) is 11.8. The van der Waals surface area contributed by atoms with E-state index >= 15 is 0 Å². The number of nitrogens with one attached hydrogen (secondary N) is 1. The Morgan fingerprint density at radius 2 is 1.75 bits per heavy atom. The molecule has 0 saturated heterocycles. The Morgan fingerprint density at radius 3 is 2.42 bits per heavy atom. The molecule has 3 aromatic rings.